The maximum absolute atomic E-state index is 12.2. The Kier molecular flexibility index (Phi) is 4.33. The summed E-state index contributed by atoms with van der Waals surface area (Å²) in [4.78, 5) is 26.6. The molecule has 0 saturated carbocycles. The van der Waals surface area contributed by atoms with Crippen LogP contribution in [0.2, 0.25) is 5.02 Å². The number of cyclic esters (lactones) is 1. The minimum atomic E-state index is -0.663. The molecule has 0 aromatic heterocycles. The number of hydrogen-bond donors (Lipinski definition) is 0. The summed E-state index contributed by atoms with van der Waals surface area (Å²) < 4.78 is 16.5. The molecule has 0 bridgehead atoms. The monoisotopic (exact) mass is 450 g/mol. The predicted octanol–water partition coefficient (Wildman–Crippen LogP) is 4.08. The molecule has 0 saturated heterocycles. The van der Waals surface area contributed by atoms with Crippen molar-refractivity contribution in [2.24, 2.45) is 4.99 Å². The molecular formula is C17H8BrClN2O6. The standard InChI is InChI=1S/C17H8BrClN2O6/c18-11-6-15-14(25-7-26-15)4-8(11)3-13-17(22)27-16(20-13)10-2-1-9(21(23)24)5-12(10)19/h1-6H,7H2/b13-3+. The first-order chi connectivity index (χ1) is 12.9. The highest BCUT2D eigenvalue weighted by molar-refractivity contribution is 9.10. The topological polar surface area (TPSA) is 100 Å². The van der Waals surface area contributed by atoms with Crippen LogP contribution in [0.15, 0.2) is 45.5 Å². The SMILES string of the molecule is O=C1OC(c2ccc([N+](=O)[O-])cc2Cl)=N/C1=C/c1cc2c(cc1Br)OCO2. The van der Waals surface area contributed by atoms with Gasteiger partial charge < -0.3 is 14.2 Å². The fourth-order valence-electron chi connectivity index (χ4n) is 2.51. The van der Waals surface area contributed by atoms with Crippen molar-refractivity contribution in [3.8, 4) is 11.5 Å². The van der Waals surface area contributed by atoms with Crippen LogP contribution in [0.3, 0.4) is 0 Å². The van der Waals surface area contributed by atoms with Crippen molar-refractivity contribution in [3.63, 3.8) is 0 Å². The van der Waals surface area contributed by atoms with E-state index in [9.17, 15) is 14.9 Å². The molecular weight excluding hydrogens is 444 g/mol. The highest BCUT2D eigenvalue weighted by Gasteiger charge is 2.27. The summed E-state index contributed by atoms with van der Waals surface area (Å²) in [6, 6.07) is 7.25. The maximum Gasteiger partial charge on any atom is 0.363 e. The third-order valence-electron chi connectivity index (χ3n) is 3.80. The van der Waals surface area contributed by atoms with Gasteiger partial charge in [-0.25, -0.2) is 9.79 Å². The first kappa shape index (κ1) is 17.5. The van der Waals surface area contributed by atoms with Gasteiger partial charge in [-0.15, -0.1) is 0 Å². The lowest BCUT2D eigenvalue weighted by Gasteiger charge is -2.02. The molecule has 2 aromatic carbocycles. The average Bonchev–Trinajstić information content (AvgIpc) is 3.21. The van der Waals surface area contributed by atoms with E-state index in [-0.39, 0.29) is 34.7 Å². The van der Waals surface area contributed by atoms with E-state index in [0.717, 1.165) is 0 Å². The van der Waals surface area contributed by atoms with Crippen LogP contribution in [-0.4, -0.2) is 23.6 Å². The number of benzene rings is 2. The molecule has 2 aromatic rings. The highest BCUT2D eigenvalue weighted by atomic mass is 79.9. The lowest BCUT2D eigenvalue weighted by molar-refractivity contribution is -0.384. The largest absolute Gasteiger partial charge is 0.454 e. The molecule has 0 amide bonds. The van der Waals surface area contributed by atoms with Crippen molar-refractivity contribution in [2.75, 3.05) is 6.79 Å². The number of ether oxygens (including phenoxy) is 3. The molecule has 0 spiro atoms. The van der Waals surface area contributed by atoms with Gasteiger partial charge in [-0.1, -0.05) is 27.5 Å². The number of hydrogen-bond acceptors (Lipinski definition) is 7. The molecule has 0 aliphatic carbocycles. The molecule has 0 N–H and O–H groups in total. The quantitative estimate of drug-likeness (QED) is 0.302. The summed E-state index contributed by atoms with van der Waals surface area (Å²) in [5, 5.41) is 10.9. The van der Waals surface area contributed by atoms with E-state index < -0.39 is 10.9 Å². The number of fused-ring (bicyclic) bond motifs is 1. The molecule has 27 heavy (non-hydrogen) atoms. The summed E-state index contributed by atoms with van der Waals surface area (Å²) in [7, 11) is 0. The molecule has 136 valence electrons. The van der Waals surface area contributed by atoms with Gasteiger partial charge in [0.25, 0.3) is 5.69 Å². The van der Waals surface area contributed by atoms with Gasteiger partial charge >= 0.3 is 5.97 Å². The number of esters is 1. The minimum Gasteiger partial charge on any atom is -0.454 e. The van der Waals surface area contributed by atoms with Crippen molar-refractivity contribution in [1.82, 2.24) is 0 Å². The Balaban J connectivity index is 1.70. The number of carbonyl (C=O) groups excluding carboxylic acids is 1. The average molecular weight is 452 g/mol. The Morgan fingerprint density at radius 2 is 1.96 bits per heavy atom. The van der Waals surface area contributed by atoms with Gasteiger partial charge in [0.05, 0.1) is 15.5 Å². The lowest BCUT2D eigenvalue weighted by Crippen LogP contribution is -2.06. The zero-order chi connectivity index (χ0) is 19.1. The third kappa shape index (κ3) is 3.26. The first-order valence-electron chi connectivity index (χ1n) is 7.48. The van der Waals surface area contributed by atoms with Crippen LogP contribution < -0.4 is 9.47 Å². The summed E-state index contributed by atoms with van der Waals surface area (Å²) in [6.45, 7) is 0.130. The number of nitro benzene ring substituents is 1. The fourth-order valence-corrected chi connectivity index (χ4v) is 3.20. The lowest BCUT2D eigenvalue weighted by atomic mass is 10.1. The number of carbonyl (C=O) groups is 1. The van der Waals surface area contributed by atoms with E-state index in [1.54, 1.807) is 12.1 Å². The van der Waals surface area contributed by atoms with Crippen LogP contribution in [0.25, 0.3) is 6.08 Å². The van der Waals surface area contributed by atoms with Gasteiger partial charge in [0.15, 0.2) is 17.2 Å². The second-order valence-electron chi connectivity index (χ2n) is 5.48. The van der Waals surface area contributed by atoms with Crippen LogP contribution in [0.1, 0.15) is 11.1 Å². The second-order valence-corrected chi connectivity index (χ2v) is 6.75. The van der Waals surface area contributed by atoms with Crippen molar-refractivity contribution in [3.05, 3.63) is 66.8 Å². The Hall–Kier alpha value is -2.91. The molecule has 0 unspecified atom stereocenters. The zero-order valence-electron chi connectivity index (χ0n) is 13.3. The Morgan fingerprint density at radius 3 is 2.67 bits per heavy atom. The van der Waals surface area contributed by atoms with E-state index in [4.69, 9.17) is 25.8 Å². The van der Waals surface area contributed by atoms with E-state index in [2.05, 4.69) is 20.9 Å². The minimum absolute atomic E-state index is 0.0250. The summed E-state index contributed by atoms with van der Waals surface area (Å²) >= 11 is 9.47. The van der Waals surface area contributed by atoms with Crippen molar-refractivity contribution in [2.45, 2.75) is 0 Å². The van der Waals surface area contributed by atoms with E-state index >= 15 is 0 Å². The molecule has 0 fully saturated rings. The molecule has 0 atom stereocenters. The van der Waals surface area contributed by atoms with Gasteiger partial charge in [0, 0.05) is 16.6 Å². The fraction of sp³-hybridized carbons (Fsp3) is 0.0588. The van der Waals surface area contributed by atoms with E-state index in [1.807, 2.05) is 0 Å². The number of non-ortho nitro benzene ring substituents is 1. The number of nitrogens with zero attached hydrogens (tertiary/aromatic N) is 2. The maximum atomic E-state index is 12.2. The van der Waals surface area contributed by atoms with Crippen LogP contribution in [0.5, 0.6) is 11.5 Å². The predicted molar refractivity (Wildman–Crippen MR) is 99.0 cm³/mol. The number of nitro groups is 1. The van der Waals surface area contributed by atoms with Crippen molar-refractivity contribution < 1.29 is 23.9 Å². The van der Waals surface area contributed by atoms with Gasteiger partial charge in [-0.3, -0.25) is 10.1 Å². The number of aliphatic imine (C=N–C) groups is 1. The van der Waals surface area contributed by atoms with Crippen LogP contribution in [-0.2, 0) is 9.53 Å². The molecule has 10 heteroatoms. The smallest absolute Gasteiger partial charge is 0.363 e. The van der Waals surface area contributed by atoms with Gasteiger partial charge in [0.1, 0.15) is 0 Å². The molecule has 2 heterocycles. The number of halogens is 2. The van der Waals surface area contributed by atoms with Gasteiger partial charge in [-0.05, 0) is 29.8 Å². The van der Waals surface area contributed by atoms with Crippen molar-refractivity contribution >= 4 is 51.2 Å². The van der Waals surface area contributed by atoms with Crippen LogP contribution in [0, 0.1) is 10.1 Å². The normalized spacial score (nSPS) is 16.4. The number of rotatable bonds is 3. The second kappa shape index (κ2) is 6.67. The first-order valence-corrected chi connectivity index (χ1v) is 8.65. The van der Waals surface area contributed by atoms with Crippen LogP contribution in [0.4, 0.5) is 5.69 Å². The third-order valence-corrected chi connectivity index (χ3v) is 4.80. The molecule has 2 aliphatic rings. The van der Waals surface area contributed by atoms with Gasteiger partial charge in [0.2, 0.25) is 12.7 Å². The van der Waals surface area contributed by atoms with Crippen LogP contribution >= 0.6 is 27.5 Å². The highest BCUT2D eigenvalue weighted by Crippen LogP contribution is 2.38. The molecule has 4 rings (SSSR count). The van der Waals surface area contributed by atoms with E-state index in [0.29, 0.717) is 21.5 Å². The van der Waals surface area contributed by atoms with Gasteiger partial charge in [-0.2, -0.15) is 0 Å². The Bertz CT molecular complexity index is 1070. The summed E-state index contributed by atoms with van der Waals surface area (Å²) in [5.74, 6) is 0.464. The molecule has 8 nitrogen and oxygen atoms in total. The molecule has 2 aliphatic heterocycles. The van der Waals surface area contributed by atoms with Crippen molar-refractivity contribution in [1.29, 1.82) is 0 Å². The Morgan fingerprint density at radius 1 is 1.22 bits per heavy atom. The zero-order valence-corrected chi connectivity index (χ0v) is 15.6. The van der Waals surface area contributed by atoms with E-state index in [1.165, 1.54) is 24.3 Å². The molecule has 0 radical (unpaired) electrons. The Labute approximate surface area is 165 Å². The summed E-state index contributed by atoms with van der Waals surface area (Å²) in [5.41, 5.74) is 0.808. The summed E-state index contributed by atoms with van der Waals surface area (Å²) in [6.07, 6.45) is 1.53.